The van der Waals surface area contributed by atoms with Crippen molar-refractivity contribution in [3.8, 4) is 11.5 Å². The smallest absolute Gasteiger partial charge is 0.184 e. The Hall–Kier alpha value is -1.42. The molecular formula is C13H19NO3. The topological polar surface area (TPSA) is 50.7 Å². The molecule has 4 heteroatoms. The van der Waals surface area contributed by atoms with Crippen LogP contribution in [-0.2, 0) is 0 Å². The first-order chi connectivity index (χ1) is 8.42. The van der Waals surface area contributed by atoms with Gasteiger partial charge in [-0.15, -0.1) is 0 Å². The van der Waals surface area contributed by atoms with Gasteiger partial charge in [0.25, 0.3) is 0 Å². The van der Waals surface area contributed by atoms with Gasteiger partial charge in [-0.05, 0) is 31.4 Å². The highest BCUT2D eigenvalue weighted by atomic mass is 16.6. The largest absolute Gasteiger partial charge is 0.486 e. The number of ether oxygens (including phenoxy) is 2. The van der Waals surface area contributed by atoms with E-state index in [2.05, 4.69) is 5.32 Å². The summed E-state index contributed by atoms with van der Waals surface area (Å²) in [4.78, 5) is 0. The normalized spacial score (nSPS) is 13.5. The number of unbranched alkanes of at least 4 members (excludes halogenated alkanes) is 2. The average Bonchev–Trinajstić information content (AvgIpc) is 2.39. The average molecular weight is 237 g/mol. The zero-order valence-electron chi connectivity index (χ0n) is 9.95. The first kappa shape index (κ1) is 12.0. The number of rotatable bonds is 6. The minimum atomic E-state index is 0.275. The van der Waals surface area contributed by atoms with Crippen LogP contribution < -0.4 is 14.8 Å². The van der Waals surface area contributed by atoms with Crippen LogP contribution in [0.3, 0.4) is 0 Å². The molecule has 1 aliphatic heterocycles. The fourth-order valence-electron chi connectivity index (χ4n) is 1.85. The summed E-state index contributed by atoms with van der Waals surface area (Å²) in [5, 5.41) is 12.0. The quantitative estimate of drug-likeness (QED) is 0.743. The number of benzene rings is 1. The highest BCUT2D eigenvalue weighted by molar-refractivity contribution is 5.63. The van der Waals surface area contributed by atoms with E-state index in [9.17, 15) is 0 Å². The highest BCUT2D eigenvalue weighted by Gasteiger charge is 2.14. The van der Waals surface area contributed by atoms with Gasteiger partial charge in [-0.1, -0.05) is 6.07 Å². The molecule has 1 aliphatic rings. The van der Waals surface area contributed by atoms with E-state index in [4.69, 9.17) is 14.6 Å². The van der Waals surface area contributed by atoms with Crippen LogP contribution >= 0.6 is 0 Å². The minimum Gasteiger partial charge on any atom is -0.486 e. The fourth-order valence-corrected chi connectivity index (χ4v) is 1.85. The van der Waals surface area contributed by atoms with Gasteiger partial charge >= 0.3 is 0 Å². The lowest BCUT2D eigenvalue weighted by molar-refractivity contribution is 0.172. The lowest BCUT2D eigenvalue weighted by Gasteiger charge is -2.21. The highest BCUT2D eigenvalue weighted by Crippen LogP contribution is 2.37. The molecule has 0 aromatic heterocycles. The Morgan fingerprint density at radius 3 is 2.88 bits per heavy atom. The fraction of sp³-hybridized carbons (Fsp3) is 0.538. The van der Waals surface area contributed by atoms with Gasteiger partial charge in [0.15, 0.2) is 11.5 Å². The van der Waals surface area contributed by atoms with E-state index in [-0.39, 0.29) is 6.61 Å². The lowest BCUT2D eigenvalue weighted by Crippen LogP contribution is -2.16. The van der Waals surface area contributed by atoms with Crippen molar-refractivity contribution < 1.29 is 14.6 Å². The molecule has 1 aromatic rings. The molecule has 2 rings (SSSR count). The Bertz CT molecular complexity index is 355. The molecule has 0 aliphatic carbocycles. The van der Waals surface area contributed by atoms with E-state index < -0.39 is 0 Å². The van der Waals surface area contributed by atoms with E-state index in [1.807, 2.05) is 18.2 Å². The van der Waals surface area contributed by atoms with Gasteiger partial charge in [-0.3, -0.25) is 0 Å². The first-order valence-corrected chi connectivity index (χ1v) is 6.15. The Morgan fingerprint density at radius 1 is 1.12 bits per heavy atom. The predicted octanol–water partition coefficient (Wildman–Crippen LogP) is 2.03. The van der Waals surface area contributed by atoms with Gasteiger partial charge in [-0.2, -0.15) is 0 Å². The molecule has 0 radical (unpaired) electrons. The Labute approximate surface area is 102 Å². The molecule has 0 fully saturated rings. The molecule has 94 valence electrons. The van der Waals surface area contributed by atoms with E-state index >= 15 is 0 Å². The maximum atomic E-state index is 8.68. The molecule has 1 heterocycles. The number of fused-ring (bicyclic) bond motifs is 1. The molecule has 1 aromatic carbocycles. The van der Waals surface area contributed by atoms with Crippen molar-refractivity contribution in [2.24, 2.45) is 0 Å². The van der Waals surface area contributed by atoms with Crippen molar-refractivity contribution in [1.29, 1.82) is 0 Å². The van der Waals surface area contributed by atoms with Crippen LogP contribution in [0.5, 0.6) is 11.5 Å². The van der Waals surface area contributed by atoms with Crippen LogP contribution in [0, 0.1) is 0 Å². The van der Waals surface area contributed by atoms with Crippen LogP contribution in [0.1, 0.15) is 19.3 Å². The standard InChI is InChI=1S/C13H19NO3/c15-8-3-1-2-7-14-11-5-4-6-12-13(11)17-10-9-16-12/h4-6,14-15H,1-3,7-10H2. The van der Waals surface area contributed by atoms with E-state index in [0.717, 1.165) is 43.0 Å². The minimum absolute atomic E-state index is 0.275. The number of para-hydroxylation sites is 1. The van der Waals surface area contributed by atoms with Crippen molar-refractivity contribution in [3.05, 3.63) is 18.2 Å². The van der Waals surface area contributed by atoms with Crippen molar-refractivity contribution >= 4 is 5.69 Å². The van der Waals surface area contributed by atoms with Gasteiger partial charge in [0.1, 0.15) is 13.2 Å². The molecule has 0 saturated heterocycles. The number of nitrogens with one attached hydrogen (secondary N) is 1. The molecule has 0 atom stereocenters. The lowest BCUT2D eigenvalue weighted by atomic mass is 10.2. The third-order valence-corrected chi connectivity index (χ3v) is 2.72. The summed E-state index contributed by atoms with van der Waals surface area (Å²) >= 11 is 0. The molecular weight excluding hydrogens is 218 g/mol. The van der Waals surface area contributed by atoms with E-state index in [1.165, 1.54) is 0 Å². The van der Waals surface area contributed by atoms with Crippen molar-refractivity contribution in [3.63, 3.8) is 0 Å². The van der Waals surface area contributed by atoms with E-state index in [1.54, 1.807) is 0 Å². The molecule has 0 bridgehead atoms. The zero-order valence-corrected chi connectivity index (χ0v) is 9.95. The van der Waals surface area contributed by atoms with Crippen LogP contribution in [-0.4, -0.2) is 31.5 Å². The molecule has 0 unspecified atom stereocenters. The third-order valence-electron chi connectivity index (χ3n) is 2.72. The molecule has 4 nitrogen and oxygen atoms in total. The monoisotopic (exact) mass is 237 g/mol. The summed E-state index contributed by atoms with van der Waals surface area (Å²) in [6.07, 6.45) is 2.95. The summed E-state index contributed by atoms with van der Waals surface area (Å²) in [7, 11) is 0. The summed E-state index contributed by atoms with van der Waals surface area (Å²) in [6.45, 7) is 2.39. The Morgan fingerprint density at radius 2 is 2.00 bits per heavy atom. The van der Waals surface area contributed by atoms with Crippen molar-refractivity contribution in [1.82, 2.24) is 0 Å². The number of hydrogen-bond acceptors (Lipinski definition) is 4. The maximum Gasteiger partial charge on any atom is 0.184 e. The van der Waals surface area contributed by atoms with Gasteiger partial charge in [0.05, 0.1) is 5.69 Å². The number of aliphatic hydroxyl groups is 1. The summed E-state index contributed by atoms with van der Waals surface area (Å²) in [5.41, 5.74) is 0.992. The molecule has 0 amide bonds. The first-order valence-electron chi connectivity index (χ1n) is 6.15. The summed E-state index contributed by atoms with van der Waals surface area (Å²) in [5.74, 6) is 1.64. The Balaban J connectivity index is 1.87. The van der Waals surface area contributed by atoms with Crippen molar-refractivity contribution in [2.45, 2.75) is 19.3 Å². The van der Waals surface area contributed by atoms with Gasteiger partial charge in [0, 0.05) is 13.2 Å². The molecule has 2 N–H and O–H groups in total. The predicted molar refractivity (Wildman–Crippen MR) is 66.9 cm³/mol. The van der Waals surface area contributed by atoms with Gasteiger partial charge < -0.3 is 19.9 Å². The van der Waals surface area contributed by atoms with Gasteiger partial charge in [0.2, 0.25) is 0 Å². The third kappa shape index (κ3) is 3.27. The number of aliphatic hydroxyl groups excluding tert-OH is 1. The molecule has 0 saturated carbocycles. The summed E-state index contributed by atoms with van der Waals surface area (Å²) in [6, 6.07) is 5.88. The van der Waals surface area contributed by atoms with E-state index in [0.29, 0.717) is 13.2 Å². The van der Waals surface area contributed by atoms with Gasteiger partial charge in [-0.25, -0.2) is 0 Å². The second-order valence-electron chi connectivity index (χ2n) is 4.04. The second kappa shape index (κ2) is 6.35. The second-order valence-corrected chi connectivity index (χ2v) is 4.04. The molecule has 17 heavy (non-hydrogen) atoms. The maximum absolute atomic E-state index is 8.68. The van der Waals surface area contributed by atoms with Crippen molar-refractivity contribution in [2.75, 3.05) is 31.7 Å². The van der Waals surface area contributed by atoms with Crippen LogP contribution in [0.4, 0.5) is 5.69 Å². The van der Waals surface area contributed by atoms with Crippen LogP contribution in [0.2, 0.25) is 0 Å². The number of anilines is 1. The SMILES string of the molecule is OCCCCCNc1cccc2c1OCCO2. The van der Waals surface area contributed by atoms with Crippen LogP contribution in [0.15, 0.2) is 18.2 Å². The number of hydrogen-bond donors (Lipinski definition) is 2. The zero-order chi connectivity index (χ0) is 11.9. The Kier molecular flexibility index (Phi) is 4.50. The molecule has 0 spiro atoms. The summed E-state index contributed by atoms with van der Waals surface area (Å²) < 4.78 is 11.1. The van der Waals surface area contributed by atoms with Crippen LogP contribution in [0.25, 0.3) is 0 Å².